The summed E-state index contributed by atoms with van der Waals surface area (Å²) in [6, 6.07) is 4.35. The largest absolute Gasteiger partial charge is 0.331 e. The lowest BCUT2D eigenvalue weighted by atomic mass is 10.0. The molecule has 92 valence electrons. The van der Waals surface area contributed by atoms with E-state index in [-0.39, 0.29) is 11.8 Å². The first kappa shape index (κ1) is 12.2. The first-order valence-corrected chi connectivity index (χ1v) is 5.77. The van der Waals surface area contributed by atoms with Gasteiger partial charge in [0.15, 0.2) is 0 Å². The molecule has 0 aliphatic heterocycles. The van der Waals surface area contributed by atoms with Gasteiger partial charge < -0.3 is 10.2 Å². The number of nitrogens with one attached hydrogen (secondary N) is 1. The first-order valence-electron chi connectivity index (χ1n) is 5.40. The molecule has 2 rings (SSSR count). The summed E-state index contributed by atoms with van der Waals surface area (Å²) < 4.78 is 13.8. The van der Waals surface area contributed by atoms with E-state index in [0.29, 0.717) is 10.6 Å². The highest BCUT2D eigenvalue weighted by Gasteiger charge is 2.47. The van der Waals surface area contributed by atoms with Gasteiger partial charge in [0.1, 0.15) is 5.82 Å². The highest BCUT2D eigenvalue weighted by atomic mass is 35.5. The molecule has 0 aromatic heterocycles. The van der Waals surface area contributed by atoms with Gasteiger partial charge in [-0.15, -0.1) is 0 Å². The molecule has 2 amide bonds. The molecule has 1 N–H and O–H groups in total. The van der Waals surface area contributed by atoms with Gasteiger partial charge in [-0.05, 0) is 25.0 Å². The van der Waals surface area contributed by atoms with E-state index in [9.17, 15) is 9.18 Å². The normalized spacial score (nSPS) is 16.5. The number of benzene rings is 1. The van der Waals surface area contributed by atoms with Crippen LogP contribution in [0.25, 0.3) is 0 Å². The Labute approximate surface area is 105 Å². The highest BCUT2D eigenvalue weighted by Crippen LogP contribution is 2.46. The van der Waals surface area contributed by atoms with Gasteiger partial charge in [-0.2, -0.15) is 0 Å². The molecule has 0 saturated heterocycles. The number of rotatable bonds is 2. The Morgan fingerprint density at radius 2 is 2.12 bits per heavy atom. The number of urea groups is 1. The van der Waals surface area contributed by atoms with Crippen molar-refractivity contribution in [3.05, 3.63) is 34.6 Å². The van der Waals surface area contributed by atoms with Crippen molar-refractivity contribution in [1.82, 2.24) is 10.2 Å². The molecule has 0 bridgehead atoms. The monoisotopic (exact) mass is 256 g/mol. The van der Waals surface area contributed by atoms with Crippen molar-refractivity contribution >= 4 is 17.6 Å². The summed E-state index contributed by atoms with van der Waals surface area (Å²) in [4.78, 5) is 13.1. The molecular formula is C12H14ClFN2O. The zero-order chi connectivity index (χ0) is 12.6. The summed E-state index contributed by atoms with van der Waals surface area (Å²) >= 11 is 5.71. The lowest BCUT2D eigenvalue weighted by Crippen LogP contribution is -2.41. The van der Waals surface area contributed by atoms with E-state index < -0.39 is 5.54 Å². The standard InChI is InChI=1S/C12H14ClFN2O/c1-16(2)11(17)15-12(5-6-12)9-4-3-8(13)7-10(9)14/h3-4,7H,5-6H2,1-2H3,(H,15,17). The number of carbonyl (C=O) groups is 1. The number of carbonyl (C=O) groups excluding carboxylic acids is 1. The van der Waals surface area contributed by atoms with Crippen molar-refractivity contribution in [2.75, 3.05) is 14.1 Å². The molecule has 1 aliphatic carbocycles. The van der Waals surface area contributed by atoms with E-state index in [2.05, 4.69) is 5.32 Å². The molecule has 0 atom stereocenters. The van der Waals surface area contributed by atoms with Gasteiger partial charge >= 0.3 is 6.03 Å². The molecule has 1 aliphatic rings. The van der Waals surface area contributed by atoms with Crippen LogP contribution in [-0.4, -0.2) is 25.0 Å². The average molecular weight is 257 g/mol. The van der Waals surface area contributed by atoms with Crippen LogP contribution in [0, 0.1) is 5.82 Å². The van der Waals surface area contributed by atoms with Gasteiger partial charge in [-0.1, -0.05) is 17.7 Å². The maximum absolute atomic E-state index is 13.8. The van der Waals surface area contributed by atoms with E-state index in [1.807, 2.05) is 0 Å². The minimum Gasteiger partial charge on any atom is -0.331 e. The molecular weight excluding hydrogens is 243 g/mol. The van der Waals surface area contributed by atoms with Crippen molar-refractivity contribution in [2.45, 2.75) is 18.4 Å². The summed E-state index contributed by atoms with van der Waals surface area (Å²) in [6.45, 7) is 0. The minimum absolute atomic E-state index is 0.211. The van der Waals surface area contributed by atoms with Gasteiger partial charge in [0.05, 0.1) is 5.54 Å². The zero-order valence-electron chi connectivity index (χ0n) is 9.76. The number of nitrogens with zero attached hydrogens (tertiary/aromatic N) is 1. The molecule has 1 fully saturated rings. The van der Waals surface area contributed by atoms with Crippen LogP contribution in [0.5, 0.6) is 0 Å². The molecule has 0 radical (unpaired) electrons. The van der Waals surface area contributed by atoms with Gasteiger partial charge in [0.2, 0.25) is 0 Å². The van der Waals surface area contributed by atoms with Crippen LogP contribution < -0.4 is 5.32 Å². The molecule has 3 nitrogen and oxygen atoms in total. The second kappa shape index (κ2) is 4.18. The second-order valence-corrected chi connectivity index (χ2v) is 4.97. The first-order chi connectivity index (χ1) is 7.94. The molecule has 1 aromatic carbocycles. The summed E-state index contributed by atoms with van der Waals surface area (Å²) in [7, 11) is 3.31. The SMILES string of the molecule is CN(C)C(=O)NC1(c2ccc(Cl)cc2F)CC1. The van der Waals surface area contributed by atoms with Crippen LogP contribution in [0.15, 0.2) is 18.2 Å². The fourth-order valence-corrected chi connectivity index (χ4v) is 1.94. The predicted molar refractivity (Wildman–Crippen MR) is 64.5 cm³/mol. The predicted octanol–water partition coefficient (Wildman–Crippen LogP) is 2.74. The number of hydrogen-bond acceptors (Lipinski definition) is 1. The lowest BCUT2D eigenvalue weighted by molar-refractivity contribution is 0.211. The number of amides is 2. The van der Waals surface area contributed by atoms with Gasteiger partial charge in [-0.25, -0.2) is 9.18 Å². The maximum atomic E-state index is 13.8. The Bertz CT molecular complexity index is 458. The van der Waals surface area contributed by atoms with Gasteiger partial charge in [-0.3, -0.25) is 0 Å². The van der Waals surface area contributed by atoms with Gasteiger partial charge in [0.25, 0.3) is 0 Å². The molecule has 0 unspecified atom stereocenters. The van der Waals surface area contributed by atoms with Crippen molar-refractivity contribution in [3.8, 4) is 0 Å². The topological polar surface area (TPSA) is 32.3 Å². The second-order valence-electron chi connectivity index (χ2n) is 4.53. The van der Waals surface area contributed by atoms with Crippen molar-refractivity contribution < 1.29 is 9.18 Å². The summed E-state index contributed by atoms with van der Waals surface area (Å²) in [5.41, 5.74) is -0.0344. The molecule has 5 heteroatoms. The van der Waals surface area contributed by atoms with E-state index in [4.69, 9.17) is 11.6 Å². The number of hydrogen-bond donors (Lipinski definition) is 1. The number of halogens is 2. The molecule has 0 spiro atoms. The average Bonchev–Trinajstić information content (AvgIpc) is 2.98. The van der Waals surface area contributed by atoms with Crippen molar-refractivity contribution in [3.63, 3.8) is 0 Å². The van der Waals surface area contributed by atoms with E-state index >= 15 is 0 Å². The van der Waals surface area contributed by atoms with E-state index in [1.54, 1.807) is 26.2 Å². The fourth-order valence-electron chi connectivity index (χ4n) is 1.78. The smallest absolute Gasteiger partial charge is 0.317 e. The van der Waals surface area contributed by atoms with Crippen LogP contribution in [0.2, 0.25) is 5.02 Å². The van der Waals surface area contributed by atoms with E-state index in [0.717, 1.165) is 12.8 Å². The third-order valence-electron chi connectivity index (χ3n) is 2.95. The molecule has 1 saturated carbocycles. The molecule has 17 heavy (non-hydrogen) atoms. The Morgan fingerprint density at radius 1 is 1.47 bits per heavy atom. The zero-order valence-corrected chi connectivity index (χ0v) is 10.5. The lowest BCUT2D eigenvalue weighted by Gasteiger charge is -2.21. The maximum Gasteiger partial charge on any atom is 0.317 e. The van der Waals surface area contributed by atoms with E-state index in [1.165, 1.54) is 11.0 Å². The van der Waals surface area contributed by atoms with Crippen LogP contribution >= 0.6 is 11.6 Å². The molecule has 1 aromatic rings. The summed E-state index contributed by atoms with van der Waals surface area (Å²) in [6.07, 6.45) is 1.51. The summed E-state index contributed by atoms with van der Waals surface area (Å²) in [5, 5.41) is 3.21. The highest BCUT2D eigenvalue weighted by molar-refractivity contribution is 6.30. The minimum atomic E-state index is -0.546. The van der Waals surface area contributed by atoms with Gasteiger partial charge in [0, 0.05) is 24.7 Å². The van der Waals surface area contributed by atoms with Crippen LogP contribution in [-0.2, 0) is 5.54 Å². The molecule has 0 heterocycles. The fraction of sp³-hybridized carbons (Fsp3) is 0.417. The quantitative estimate of drug-likeness (QED) is 0.867. The Balaban J connectivity index is 2.24. The van der Waals surface area contributed by atoms with Crippen LogP contribution in [0.4, 0.5) is 9.18 Å². The van der Waals surface area contributed by atoms with Crippen molar-refractivity contribution in [1.29, 1.82) is 0 Å². The third-order valence-corrected chi connectivity index (χ3v) is 3.18. The third kappa shape index (κ3) is 2.36. The van der Waals surface area contributed by atoms with Crippen LogP contribution in [0.3, 0.4) is 0 Å². The summed E-state index contributed by atoms with van der Waals surface area (Å²) in [5.74, 6) is -0.367. The van der Waals surface area contributed by atoms with Crippen molar-refractivity contribution in [2.24, 2.45) is 0 Å². The Kier molecular flexibility index (Phi) is 3.00. The Morgan fingerprint density at radius 3 is 2.59 bits per heavy atom. The van der Waals surface area contributed by atoms with Crippen LogP contribution in [0.1, 0.15) is 18.4 Å². The Hall–Kier alpha value is -1.29.